The van der Waals surface area contributed by atoms with Crippen LogP contribution in [0.25, 0.3) is 5.76 Å². The van der Waals surface area contributed by atoms with Crippen molar-refractivity contribution in [2.45, 2.75) is 12.6 Å². The molecule has 166 valence electrons. The lowest BCUT2D eigenvalue weighted by Crippen LogP contribution is -2.29. The van der Waals surface area contributed by atoms with Gasteiger partial charge in [0, 0.05) is 16.6 Å². The molecular weight excluding hydrogens is 486 g/mol. The van der Waals surface area contributed by atoms with Crippen LogP contribution in [0.4, 0.5) is 0 Å². The highest BCUT2D eigenvalue weighted by Crippen LogP contribution is 2.42. The van der Waals surface area contributed by atoms with E-state index in [1.54, 1.807) is 18.2 Å². The summed E-state index contributed by atoms with van der Waals surface area (Å²) in [7, 11) is 0. The molecule has 1 saturated heterocycles. The highest BCUT2D eigenvalue weighted by Gasteiger charge is 2.46. The quantitative estimate of drug-likeness (QED) is 0.311. The molecule has 2 aliphatic rings. The second kappa shape index (κ2) is 8.75. The molecule has 0 radical (unpaired) electrons. The van der Waals surface area contributed by atoms with E-state index >= 15 is 0 Å². The molecule has 0 bridgehead atoms. The van der Waals surface area contributed by atoms with Gasteiger partial charge in [-0.3, -0.25) is 9.59 Å². The topological polar surface area (TPSA) is 76.1 Å². The first-order valence-electron chi connectivity index (χ1n) is 10.5. The summed E-state index contributed by atoms with van der Waals surface area (Å²) in [6.45, 7) is 1.09. The number of nitrogens with zero attached hydrogens (tertiary/aromatic N) is 1. The van der Waals surface area contributed by atoms with Gasteiger partial charge < -0.3 is 19.5 Å². The molecule has 5 rings (SSSR count). The zero-order chi connectivity index (χ0) is 22.9. The lowest BCUT2D eigenvalue weighted by Gasteiger charge is -2.26. The summed E-state index contributed by atoms with van der Waals surface area (Å²) in [5.74, 6) is -0.550. The molecule has 1 fully saturated rings. The van der Waals surface area contributed by atoms with Crippen LogP contribution in [0, 0.1) is 0 Å². The maximum atomic E-state index is 13.2. The van der Waals surface area contributed by atoms with Gasteiger partial charge in [-0.15, -0.1) is 0 Å². The van der Waals surface area contributed by atoms with E-state index in [0.29, 0.717) is 30.3 Å². The number of fused-ring (bicyclic) bond motifs is 1. The van der Waals surface area contributed by atoms with Gasteiger partial charge in [0.25, 0.3) is 11.7 Å². The third kappa shape index (κ3) is 4.00. The first kappa shape index (κ1) is 21.3. The summed E-state index contributed by atoms with van der Waals surface area (Å²) in [6, 6.07) is 21.1. The molecule has 3 aromatic carbocycles. The Hall–Kier alpha value is -3.58. The molecule has 1 N–H and O–H groups in total. The average Bonchev–Trinajstić information content (AvgIpc) is 3.09. The number of Topliss-reactive ketones (excluding diaryl/α,β-unsaturated/α-hetero) is 1. The number of aliphatic hydroxyl groups is 1. The summed E-state index contributed by atoms with van der Waals surface area (Å²) < 4.78 is 12.0. The van der Waals surface area contributed by atoms with E-state index in [4.69, 9.17) is 9.47 Å². The number of hydrogen-bond acceptors (Lipinski definition) is 5. The van der Waals surface area contributed by atoms with E-state index in [1.165, 1.54) is 4.90 Å². The Balaban J connectivity index is 1.64. The van der Waals surface area contributed by atoms with Crippen LogP contribution in [-0.2, 0) is 16.1 Å². The monoisotopic (exact) mass is 505 g/mol. The predicted octanol–water partition coefficient (Wildman–Crippen LogP) is 4.84. The Kier molecular flexibility index (Phi) is 5.64. The summed E-state index contributed by atoms with van der Waals surface area (Å²) in [6.07, 6.45) is 0. The lowest BCUT2D eigenvalue weighted by atomic mass is 9.95. The Labute approximate surface area is 199 Å². The molecule has 0 unspecified atom stereocenters. The van der Waals surface area contributed by atoms with Crippen molar-refractivity contribution < 1.29 is 24.2 Å². The van der Waals surface area contributed by atoms with E-state index < -0.39 is 17.7 Å². The number of benzene rings is 3. The van der Waals surface area contributed by atoms with Crippen molar-refractivity contribution in [3.05, 3.63) is 99.5 Å². The molecule has 1 atom stereocenters. The Bertz CT molecular complexity index is 1270. The van der Waals surface area contributed by atoms with Crippen LogP contribution in [0.1, 0.15) is 22.7 Å². The van der Waals surface area contributed by atoms with Crippen LogP contribution in [0.5, 0.6) is 11.5 Å². The van der Waals surface area contributed by atoms with Gasteiger partial charge in [-0.25, -0.2) is 0 Å². The maximum Gasteiger partial charge on any atom is 0.295 e. The number of rotatable bonds is 4. The molecule has 2 heterocycles. The maximum absolute atomic E-state index is 13.2. The fourth-order valence-corrected chi connectivity index (χ4v) is 4.61. The van der Waals surface area contributed by atoms with E-state index in [2.05, 4.69) is 15.9 Å². The number of amides is 1. The Morgan fingerprint density at radius 3 is 2.45 bits per heavy atom. The molecule has 0 aromatic heterocycles. The molecule has 3 aromatic rings. The number of likely N-dealkylation sites (tertiary alicyclic amines) is 1. The van der Waals surface area contributed by atoms with E-state index in [-0.39, 0.29) is 17.9 Å². The highest BCUT2D eigenvalue weighted by molar-refractivity contribution is 9.10. The third-order valence-electron chi connectivity index (χ3n) is 5.72. The summed E-state index contributed by atoms with van der Waals surface area (Å²) in [5, 5.41) is 11.3. The van der Waals surface area contributed by atoms with Crippen LogP contribution in [0.3, 0.4) is 0 Å². The smallest absolute Gasteiger partial charge is 0.295 e. The van der Waals surface area contributed by atoms with Gasteiger partial charge in [-0.2, -0.15) is 0 Å². The number of carbonyl (C=O) groups excluding carboxylic acids is 2. The van der Waals surface area contributed by atoms with Crippen LogP contribution in [-0.4, -0.2) is 34.9 Å². The van der Waals surface area contributed by atoms with Gasteiger partial charge in [-0.05, 0) is 41.5 Å². The van der Waals surface area contributed by atoms with Gasteiger partial charge >= 0.3 is 0 Å². The van der Waals surface area contributed by atoms with Crippen molar-refractivity contribution in [1.29, 1.82) is 0 Å². The average molecular weight is 506 g/mol. The number of halogens is 1. The fraction of sp³-hybridized carbons (Fsp3) is 0.154. The van der Waals surface area contributed by atoms with Crippen molar-refractivity contribution in [3.63, 3.8) is 0 Å². The van der Waals surface area contributed by atoms with Gasteiger partial charge in [-0.1, -0.05) is 58.4 Å². The van der Waals surface area contributed by atoms with Crippen molar-refractivity contribution in [2.24, 2.45) is 0 Å². The van der Waals surface area contributed by atoms with Gasteiger partial charge in [0.2, 0.25) is 0 Å². The molecule has 0 aliphatic carbocycles. The van der Waals surface area contributed by atoms with Crippen molar-refractivity contribution in [1.82, 2.24) is 4.90 Å². The molecule has 7 heteroatoms. The lowest BCUT2D eigenvalue weighted by molar-refractivity contribution is -0.140. The molecule has 2 aliphatic heterocycles. The molecule has 0 saturated carbocycles. The number of carbonyl (C=O) groups is 2. The second-order valence-electron chi connectivity index (χ2n) is 7.83. The Morgan fingerprint density at radius 2 is 1.70 bits per heavy atom. The van der Waals surface area contributed by atoms with E-state index in [1.807, 2.05) is 54.6 Å². The second-order valence-corrected chi connectivity index (χ2v) is 8.74. The van der Waals surface area contributed by atoms with Crippen LogP contribution in [0.15, 0.2) is 82.8 Å². The minimum Gasteiger partial charge on any atom is -0.507 e. The van der Waals surface area contributed by atoms with Gasteiger partial charge in [0.15, 0.2) is 11.5 Å². The zero-order valence-corrected chi connectivity index (χ0v) is 19.1. The number of hydrogen-bond donors (Lipinski definition) is 1. The van der Waals surface area contributed by atoms with Gasteiger partial charge in [0.05, 0.1) is 11.6 Å². The molecule has 1 amide bonds. The van der Waals surface area contributed by atoms with Crippen LogP contribution < -0.4 is 9.47 Å². The summed E-state index contributed by atoms with van der Waals surface area (Å²) >= 11 is 3.47. The van der Waals surface area contributed by atoms with Crippen LogP contribution in [0.2, 0.25) is 0 Å². The number of ether oxygens (including phenoxy) is 2. The number of ketones is 1. The van der Waals surface area contributed by atoms with E-state index in [9.17, 15) is 14.7 Å². The first-order valence-corrected chi connectivity index (χ1v) is 11.3. The van der Waals surface area contributed by atoms with Crippen molar-refractivity contribution in [3.8, 4) is 11.5 Å². The van der Waals surface area contributed by atoms with Crippen molar-refractivity contribution >= 4 is 33.4 Å². The van der Waals surface area contributed by atoms with Gasteiger partial charge in [0.1, 0.15) is 19.0 Å². The first-order chi connectivity index (χ1) is 16.0. The zero-order valence-electron chi connectivity index (χ0n) is 17.5. The molecule has 6 nitrogen and oxygen atoms in total. The number of aliphatic hydroxyl groups excluding tert-OH is 1. The van der Waals surface area contributed by atoms with Crippen molar-refractivity contribution in [2.75, 3.05) is 13.2 Å². The molecule has 33 heavy (non-hydrogen) atoms. The largest absolute Gasteiger partial charge is 0.507 e. The normalized spacial score (nSPS) is 19.1. The highest BCUT2D eigenvalue weighted by atomic mass is 79.9. The molecular formula is C26H20BrNO5. The minimum absolute atomic E-state index is 0.0470. The minimum atomic E-state index is -0.740. The Morgan fingerprint density at radius 1 is 0.939 bits per heavy atom. The fourth-order valence-electron chi connectivity index (χ4n) is 4.19. The SMILES string of the molecule is O=C1C(=O)N(Cc2ccccc2)[C@@H](c2cccc(Br)c2)/C1=C(\O)c1ccc2c(c1)OCCO2. The predicted molar refractivity (Wildman–Crippen MR) is 126 cm³/mol. The summed E-state index contributed by atoms with van der Waals surface area (Å²) in [4.78, 5) is 27.8. The van der Waals surface area contributed by atoms with E-state index in [0.717, 1.165) is 15.6 Å². The molecule has 0 spiro atoms. The van der Waals surface area contributed by atoms with Crippen LogP contribution >= 0.6 is 15.9 Å². The standard InChI is InChI=1S/C26H20BrNO5/c27-19-8-4-7-17(13-19)23-22(24(29)18-9-10-20-21(14-18)33-12-11-32-20)25(30)26(31)28(23)15-16-5-2-1-3-6-16/h1-10,13-14,23,29H,11-12,15H2/b24-22+/t23-/m0/s1. The third-order valence-corrected chi connectivity index (χ3v) is 6.21. The summed E-state index contributed by atoms with van der Waals surface area (Å²) in [5.41, 5.74) is 2.04.